The molecule has 0 bridgehead atoms. The van der Waals surface area contributed by atoms with Crippen molar-refractivity contribution in [3.05, 3.63) is 0 Å². The second kappa shape index (κ2) is 11.7. The van der Waals surface area contributed by atoms with Crippen molar-refractivity contribution in [2.75, 3.05) is 45.9 Å². The molecule has 1 heterocycles. The van der Waals surface area contributed by atoms with Crippen molar-refractivity contribution in [3.63, 3.8) is 0 Å². The first-order valence-corrected chi connectivity index (χ1v) is 7.06. The number of nitrogens with two attached hydrogens (primary N) is 1. The lowest BCUT2D eigenvalue weighted by Crippen LogP contribution is -2.39. The molecule has 0 radical (unpaired) electrons. The molecular formula is C13H29IN4O. The standard InChI is InChI=1S/C13H28N4O.HI/c1-3-4-5-15-13(14)16-10-12(2)11-17-6-8-18-9-7-17;/h12H,3-11H2,1-2H3,(H3,14,15,16);1H. The number of ether oxygens (including phenoxy) is 1. The number of morpholine rings is 1. The minimum Gasteiger partial charge on any atom is -0.379 e. The minimum atomic E-state index is 0. The van der Waals surface area contributed by atoms with Gasteiger partial charge in [-0.2, -0.15) is 0 Å². The van der Waals surface area contributed by atoms with Crippen molar-refractivity contribution in [2.45, 2.75) is 26.7 Å². The molecule has 0 saturated carbocycles. The quantitative estimate of drug-likeness (QED) is 0.301. The number of rotatable bonds is 7. The van der Waals surface area contributed by atoms with Gasteiger partial charge in [-0.3, -0.25) is 9.89 Å². The van der Waals surface area contributed by atoms with E-state index in [1.807, 2.05) is 0 Å². The third-order valence-corrected chi connectivity index (χ3v) is 3.08. The average molecular weight is 384 g/mol. The van der Waals surface area contributed by atoms with E-state index in [1.54, 1.807) is 0 Å². The predicted octanol–water partition coefficient (Wildman–Crippen LogP) is 1.28. The third-order valence-electron chi connectivity index (χ3n) is 3.08. The average Bonchev–Trinajstić information content (AvgIpc) is 2.38. The molecule has 5 nitrogen and oxygen atoms in total. The molecule has 114 valence electrons. The molecule has 0 aromatic rings. The Hall–Kier alpha value is -0.0800. The first kappa shape index (κ1) is 18.9. The largest absolute Gasteiger partial charge is 0.379 e. The first-order valence-electron chi connectivity index (χ1n) is 7.06. The van der Waals surface area contributed by atoms with Gasteiger partial charge in [-0.1, -0.05) is 20.3 Å². The maximum Gasteiger partial charge on any atom is 0.188 e. The molecule has 3 N–H and O–H groups in total. The van der Waals surface area contributed by atoms with Crippen LogP contribution in [0.15, 0.2) is 4.99 Å². The van der Waals surface area contributed by atoms with E-state index >= 15 is 0 Å². The summed E-state index contributed by atoms with van der Waals surface area (Å²) < 4.78 is 5.34. The van der Waals surface area contributed by atoms with Crippen LogP contribution in [0.2, 0.25) is 0 Å². The Morgan fingerprint density at radius 1 is 1.42 bits per heavy atom. The lowest BCUT2D eigenvalue weighted by atomic mass is 10.1. The van der Waals surface area contributed by atoms with Gasteiger partial charge in [0.1, 0.15) is 0 Å². The van der Waals surface area contributed by atoms with Gasteiger partial charge in [0, 0.05) is 32.7 Å². The summed E-state index contributed by atoms with van der Waals surface area (Å²) in [4.78, 5) is 6.82. The van der Waals surface area contributed by atoms with Crippen LogP contribution in [0.1, 0.15) is 26.7 Å². The molecule has 1 aliphatic heterocycles. The van der Waals surface area contributed by atoms with Crippen LogP contribution in [-0.2, 0) is 4.74 Å². The Balaban J connectivity index is 0.00000324. The van der Waals surface area contributed by atoms with Crippen molar-refractivity contribution >= 4 is 29.9 Å². The number of hydrogen-bond donors (Lipinski definition) is 2. The van der Waals surface area contributed by atoms with Gasteiger partial charge >= 0.3 is 0 Å². The van der Waals surface area contributed by atoms with Crippen molar-refractivity contribution in [2.24, 2.45) is 16.6 Å². The fourth-order valence-electron chi connectivity index (χ4n) is 1.99. The topological polar surface area (TPSA) is 62.9 Å². The summed E-state index contributed by atoms with van der Waals surface area (Å²) in [5, 5.41) is 3.14. The second-order valence-corrected chi connectivity index (χ2v) is 5.02. The third kappa shape index (κ3) is 9.45. The van der Waals surface area contributed by atoms with Crippen molar-refractivity contribution in [1.82, 2.24) is 10.2 Å². The van der Waals surface area contributed by atoms with Gasteiger partial charge in [0.05, 0.1) is 13.2 Å². The summed E-state index contributed by atoms with van der Waals surface area (Å²) in [6.07, 6.45) is 2.31. The molecule has 1 rings (SSSR count). The predicted molar refractivity (Wildman–Crippen MR) is 91.2 cm³/mol. The zero-order valence-electron chi connectivity index (χ0n) is 12.2. The van der Waals surface area contributed by atoms with Gasteiger partial charge in [-0.05, 0) is 12.3 Å². The highest BCUT2D eigenvalue weighted by Crippen LogP contribution is 2.03. The van der Waals surface area contributed by atoms with Crippen molar-refractivity contribution in [3.8, 4) is 0 Å². The molecule has 6 heteroatoms. The molecule has 1 aliphatic rings. The zero-order chi connectivity index (χ0) is 13.2. The Bertz CT molecular complexity index is 245. The zero-order valence-corrected chi connectivity index (χ0v) is 14.6. The normalized spacial score (nSPS) is 18.7. The lowest BCUT2D eigenvalue weighted by Gasteiger charge is -2.28. The van der Waals surface area contributed by atoms with Gasteiger partial charge in [-0.25, -0.2) is 0 Å². The van der Waals surface area contributed by atoms with Crippen LogP contribution < -0.4 is 11.1 Å². The number of guanidine groups is 1. The molecule has 1 fully saturated rings. The Morgan fingerprint density at radius 2 is 2.11 bits per heavy atom. The van der Waals surface area contributed by atoms with E-state index in [1.165, 1.54) is 6.42 Å². The number of unbranched alkanes of at least 4 members (excludes halogenated alkanes) is 1. The van der Waals surface area contributed by atoms with E-state index < -0.39 is 0 Å². The molecule has 0 aromatic heterocycles. The number of aliphatic imine (C=N–C) groups is 1. The maximum atomic E-state index is 5.80. The van der Waals surface area contributed by atoms with Gasteiger partial charge in [0.25, 0.3) is 0 Å². The lowest BCUT2D eigenvalue weighted by molar-refractivity contribution is 0.0323. The van der Waals surface area contributed by atoms with E-state index in [2.05, 4.69) is 29.1 Å². The minimum absolute atomic E-state index is 0. The van der Waals surface area contributed by atoms with E-state index in [4.69, 9.17) is 10.5 Å². The van der Waals surface area contributed by atoms with Crippen LogP contribution in [0.3, 0.4) is 0 Å². The molecule has 1 saturated heterocycles. The van der Waals surface area contributed by atoms with E-state index in [0.29, 0.717) is 11.9 Å². The summed E-state index contributed by atoms with van der Waals surface area (Å²) in [6.45, 7) is 11.0. The van der Waals surface area contributed by atoms with E-state index in [-0.39, 0.29) is 24.0 Å². The Kier molecular flexibility index (Phi) is 11.7. The SMILES string of the molecule is CCCCNC(N)=NCC(C)CN1CCOCC1.I. The first-order chi connectivity index (χ1) is 8.72. The van der Waals surface area contributed by atoms with Crippen molar-refractivity contribution < 1.29 is 4.74 Å². The van der Waals surface area contributed by atoms with Crippen LogP contribution in [-0.4, -0.2) is 56.8 Å². The van der Waals surface area contributed by atoms with Crippen LogP contribution in [0, 0.1) is 5.92 Å². The smallest absolute Gasteiger partial charge is 0.188 e. The number of halogens is 1. The molecule has 19 heavy (non-hydrogen) atoms. The fraction of sp³-hybridized carbons (Fsp3) is 0.923. The Labute approximate surface area is 134 Å². The molecule has 1 unspecified atom stereocenters. The second-order valence-electron chi connectivity index (χ2n) is 5.02. The molecule has 1 atom stereocenters. The number of nitrogens with one attached hydrogen (secondary N) is 1. The van der Waals surface area contributed by atoms with Crippen molar-refractivity contribution in [1.29, 1.82) is 0 Å². The highest BCUT2D eigenvalue weighted by Gasteiger charge is 2.13. The van der Waals surface area contributed by atoms with Gasteiger partial charge in [0.15, 0.2) is 5.96 Å². The molecule has 0 spiro atoms. The maximum absolute atomic E-state index is 5.80. The number of hydrogen-bond acceptors (Lipinski definition) is 3. The molecule has 0 aromatic carbocycles. The summed E-state index contributed by atoms with van der Waals surface area (Å²) in [6, 6.07) is 0. The van der Waals surface area contributed by atoms with Crippen LogP contribution in [0.4, 0.5) is 0 Å². The highest BCUT2D eigenvalue weighted by molar-refractivity contribution is 14.0. The fourth-order valence-corrected chi connectivity index (χ4v) is 1.99. The van der Waals surface area contributed by atoms with E-state index in [0.717, 1.165) is 52.4 Å². The van der Waals surface area contributed by atoms with Gasteiger partial charge in [-0.15, -0.1) is 24.0 Å². The summed E-state index contributed by atoms with van der Waals surface area (Å²) in [5.74, 6) is 1.12. The van der Waals surface area contributed by atoms with Gasteiger partial charge in [0.2, 0.25) is 0 Å². The highest BCUT2D eigenvalue weighted by atomic mass is 127. The number of nitrogens with zero attached hydrogens (tertiary/aromatic N) is 2. The monoisotopic (exact) mass is 384 g/mol. The van der Waals surface area contributed by atoms with E-state index in [9.17, 15) is 0 Å². The van der Waals surface area contributed by atoms with Crippen LogP contribution in [0.5, 0.6) is 0 Å². The Morgan fingerprint density at radius 3 is 2.74 bits per heavy atom. The molecule has 0 amide bonds. The summed E-state index contributed by atoms with van der Waals surface area (Å²) in [5.41, 5.74) is 5.80. The molecule has 0 aliphatic carbocycles. The van der Waals surface area contributed by atoms with Crippen LogP contribution >= 0.6 is 24.0 Å². The summed E-state index contributed by atoms with van der Waals surface area (Å²) in [7, 11) is 0. The molecular weight excluding hydrogens is 355 g/mol. The van der Waals surface area contributed by atoms with Gasteiger partial charge < -0.3 is 15.8 Å². The van der Waals surface area contributed by atoms with Crippen LogP contribution in [0.25, 0.3) is 0 Å². The summed E-state index contributed by atoms with van der Waals surface area (Å²) >= 11 is 0.